The molecule has 1 aliphatic heterocycles. The van der Waals surface area contributed by atoms with Crippen molar-refractivity contribution in [2.45, 2.75) is 19.4 Å². The molecule has 2 N–H and O–H groups in total. The molecule has 7 nitrogen and oxygen atoms in total. The van der Waals surface area contributed by atoms with Crippen molar-refractivity contribution in [2.75, 3.05) is 53.0 Å². The Morgan fingerprint density at radius 2 is 1.97 bits per heavy atom. The number of nitrogens with zero attached hydrogens (tertiary/aromatic N) is 2. The van der Waals surface area contributed by atoms with Gasteiger partial charge in [-0.1, -0.05) is 12.1 Å². The summed E-state index contributed by atoms with van der Waals surface area (Å²) in [5, 5.41) is 6.74. The van der Waals surface area contributed by atoms with Crippen LogP contribution in [-0.4, -0.2) is 63.9 Å². The Morgan fingerprint density at radius 3 is 2.62 bits per heavy atom. The molecule has 1 fully saturated rings. The van der Waals surface area contributed by atoms with Gasteiger partial charge in [0.2, 0.25) is 0 Å². The number of morpholine rings is 1. The molecule has 0 aliphatic carbocycles. The zero-order chi connectivity index (χ0) is 20.3. The summed E-state index contributed by atoms with van der Waals surface area (Å²) in [6.07, 6.45) is 2.53. The van der Waals surface area contributed by atoms with Crippen molar-refractivity contribution in [3.8, 4) is 5.75 Å². The molecule has 29 heavy (non-hydrogen) atoms. The zero-order valence-corrected chi connectivity index (χ0v) is 17.4. The van der Waals surface area contributed by atoms with E-state index >= 15 is 0 Å². The number of furan rings is 1. The molecule has 0 bridgehead atoms. The number of rotatable bonds is 9. The van der Waals surface area contributed by atoms with Crippen LogP contribution in [0.5, 0.6) is 5.75 Å². The monoisotopic (exact) mass is 400 g/mol. The smallest absolute Gasteiger partial charge is 0.191 e. The summed E-state index contributed by atoms with van der Waals surface area (Å²) in [6, 6.07) is 12.4. The molecular formula is C22H32N4O3. The Morgan fingerprint density at radius 1 is 1.17 bits per heavy atom. The number of benzene rings is 1. The van der Waals surface area contributed by atoms with Crippen LogP contribution < -0.4 is 15.4 Å². The second-order valence-corrected chi connectivity index (χ2v) is 6.91. The molecule has 158 valence electrons. The van der Waals surface area contributed by atoms with Crippen LogP contribution in [0.25, 0.3) is 0 Å². The fourth-order valence-corrected chi connectivity index (χ4v) is 3.43. The summed E-state index contributed by atoms with van der Waals surface area (Å²) in [7, 11) is 1.69. The summed E-state index contributed by atoms with van der Waals surface area (Å²) in [5.41, 5.74) is 1.24. The van der Waals surface area contributed by atoms with Gasteiger partial charge in [0.15, 0.2) is 5.96 Å². The molecule has 1 atom stereocenters. The molecule has 1 saturated heterocycles. The Labute approximate surface area is 173 Å². The van der Waals surface area contributed by atoms with Gasteiger partial charge >= 0.3 is 0 Å². The van der Waals surface area contributed by atoms with Gasteiger partial charge in [0.05, 0.1) is 39.2 Å². The van der Waals surface area contributed by atoms with Gasteiger partial charge in [0.25, 0.3) is 0 Å². The molecule has 0 spiro atoms. The van der Waals surface area contributed by atoms with Crippen LogP contribution in [0.4, 0.5) is 0 Å². The van der Waals surface area contributed by atoms with Gasteiger partial charge in [-0.25, -0.2) is 0 Å². The molecule has 1 unspecified atom stereocenters. The quantitative estimate of drug-likeness (QED) is 0.498. The summed E-state index contributed by atoms with van der Waals surface area (Å²) in [6.45, 7) is 7.68. The third kappa shape index (κ3) is 6.51. The van der Waals surface area contributed by atoms with Gasteiger partial charge < -0.3 is 24.5 Å². The zero-order valence-electron chi connectivity index (χ0n) is 17.4. The molecule has 0 amide bonds. The second kappa shape index (κ2) is 11.5. The lowest BCUT2D eigenvalue weighted by Gasteiger charge is -2.34. The standard InChI is InChI=1S/C22H32N4O3/c1-3-23-22(24-11-10-20-5-4-14-29-20)25-17-21(26-12-15-28-16-13-26)18-6-8-19(27-2)9-7-18/h4-9,14,21H,3,10-13,15-17H2,1-2H3,(H2,23,24,25). The van der Waals surface area contributed by atoms with Gasteiger partial charge in [-0.05, 0) is 36.8 Å². The van der Waals surface area contributed by atoms with Crippen molar-refractivity contribution in [2.24, 2.45) is 4.99 Å². The molecular weight excluding hydrogens is 368 g/mol. The van der Waals surface area contributed by atoms with Gasteiger partial charge in [-0.15, -0.1) is 0 Å². The third-order valence-corrected chi connectivity index (χ3v) is 5.00. The number of hydrogen-bond acceptors (Lipinski definition) is 5. The van der Waals surface area contributed by atoms with E-state index in [-0.39, 0.29) is 6.04 Å². The highest BCUT2D eigenvalue weighted by Gasteiger charge is 2.22. The molecule has 7 heteroatoms. The number of methoxy groups -OCH3 is 1. The van der Waals surface area contributed by atoms with Crippen molar-refractivity contribution in [1.29, 1.82) is 0 Å². The lowest BCUT2D eigenvalue weighted by Crippen LogP contribution is -2.42. The average Bonchev–Trinajstić information content (AvgIpc) is 3.28. The van der Waals surface area contributed by atoms with E-state index in [4.69, 9.17) is 18.9 Å². The maximum Gasteiger partial charge on any atom is 0.191 e. The topological polar surface area (TPSA) is 71.3 Å². The maximum absolute atomic E-state index is 5.54. The van der Waals surface area contributed by atoms with Crippen molar-refractivity contribution >= 4 is 5.96 Å². The van der Waals surface area contributed by atoms with Crippen molar-refractivity contribution in [1.82, 2.24) is 15.5 Å². The van der Waals surface area contributed by atoms with Gasteiger partial charge in [0.1, 0.15) is 11.5 Å². The third-order valence-electron chi connectivity index (χ3n) is 5.00. The van der Waals surface area contributed by atoms with E-state index in [2.05, 4.69) is 34.6 Å². The van der Waals surface area contributed by atoms with Crippen LogP contribution in [-0.2, 0) is 11.2 Å². The summed E-state index contributed by atoms with van der Waals surface area (Å²) >= 11 is 0. The van der Waals surface area contributed by atoms with Gasteiger partial charge in [0, 0.05) is 32.6 Å². The summed E-state index contributed by atoms with van der Waals surface area (Å²) in [4.78, 5) is 7.32. The highest BCUT2D eigenvalue weighted by Crippen LogP contribution is 2.24. The van der Waals surface area contributed by atoms with E-state index in [1.165, 1.54) is 5.56 Å². The van der Waals surface area contributed by atoms with Crippen LogP contribution in [0.1, 0.15) is 24.3 Å². The number of ether oxygens (including phenoxy) is 2. The van der Waals surface area contributed by atoms with E-state index in [0.717, 1.165) is 63.3 Å². The van der Waals surface area contributed by atoms with Crippen LogP contribution >= 0.6 is 0 Å². The average molecular weight is 401 g/mol. The number of nitrogens with one attached hydrogen (secondary N) is 2. The molecule has 0 saturated carbocycles. The SMILES string of the molecule is CCNC(=NCC(c1ccc(OC)cc1)N1CCOCC1)NCCc1ccco1. The fourth-order valence-electron chi connectivity index (χ4n) is 3.43. The van der Waals surface area contributed by atoms with Crippen LogP contribution in [0.15, 0.2) is 52.1 Å². The molecule has 0 radical (unpaired) electrons. The molecule has 1 aliphatic rings. The normalized spacial score (nSPS) is 16.4. The predicted octanol–water partition coefficient (Wildman–Crippen LogP) is 2.46. The van der Waals surface area contributed by atoms with E-state index in [1.807, 2.05) is 24.3 Å². The largest absolute Gasteiger partial charge is 0.497 e. The highest BCUT2D eigenvalue weighted by atomic mass is 16.5. The van der Waals surface area contributed by atoms with Crippen LogP contribution in [0.3, 0.4) is 0 Å². The first-order chi connectivity index (χ1) is 14.3. The van der Waals surface area contributed by atoms with Crippen LogP contribution in [0, 0.1) is 0 Å². The molecule has 3 rings (SSSR count). The lowest BCUT2D eigenvalue weighted by molar-refractivity contribution is 0.0179. The Hall–Kier alpha value is -2.51. The molecule has 1 aromatic carbocycles. The number of aliphatic imine (C=N–C) groups is 1. The Balaban J connectivity index is 1.67. The second-order valence-electron chi connectivity index (χ2n) is 6.91. The predicted molar refractivity (Wildman–Crippen MR) is 115 cm³/mol. The number of hydrogen-bond donors (Lipinski definition) is 2. The molecule has 2 heterocycles. The van der Waals surface area contributed by atoms with Gasteiger partial charge in [-0.2, -0.15) is 0 Å². The molecule has 1 aromatic heterocycles. The highest BCUT2D eigenvalue weighted by molar-refractivity contribution is 5.79. The van der Waals surface area contributed by atoms with E-state index in [1.54, 1.807) is 13.4 Å². The first-order valence-electron chi connectivity index (χ1n) is 10.3. The Bertz CT molecular complexity index is 725. The minimum atomic E-state index is 0.199. The number of guanidine groups is 1. The minimum absolute atomic E-state index is 0.199. The minimum Gasteiger partial charge on any atom is -0.497 e. The first-order valence-corrected chi connectivity index (χ1v) is 10.3. The maximum atomic E-state index is 5.54. The first kappa shape index (κ1) is 21.2. The van der Waals surface area contributed by atoms with E-state index in [9.17, 15) is 0 Å². The Kier molecular flexibility index (Phi) is 8.40. The van der Waals surface area contributed by atoms with Crippen molar-refractivity contribution in [3.63, 3.8) is 0 Å². The molecule has 2 aromatic rings. The van der Waals surface area contributed by atoms with Crippen molar-refractivity contribution in [3.05, 3.63) is 54.0 Å². The van der Waals surface area contributed by atoms with Gasteiger partial charge in [-0.3, -0.25) is 9.89 Å². The van der Waals surface area contributed by atoms with E-state index < -0.39 is 0 Å². The fraction of sp³-hybridized carbons (Fsp3) is 0.500. The van der Waals surface area contributed by atoms with Crippen molar-refractivity contribution < 1.29 is 13.9 Å². The lowest BCUT2D eigenvalue weighted by atomic mass is 10.0. The van der Waals surface area contributed by atoms with E-state index in [0.29, 0.717) is 6.54 Å². The summed E-state index contributed by atoms with van der Waals surface area (Å²) < 4.78 is 16.3. The summed E-state index contributed by atoms with van der Waals surface area (Å²) in [5.74, 6) is 2.66. The van der Waals surface area contributed by atoms with Crippen LogP contribution in [0.2, 0.25) is 0 Å².